The molecule has 82 valence electrons. The van der Waals surface area contributed by atoms with Gasteiger partial charge in [0.15, 0.2) is 5.75 Å². The fourth-order valence-electron chi connectivity index (χ4n) is 1.46. The van der Waals surface area contributed by atoms with Crippen LogP contribution in [-0.4, -0.2) is 0 Å². The van der Waals surface area contributed by atoms with Crippen LogP contribution in [0.1, 0.15) is 5.56 Å². The van der Waals surface area contributed by atoms with Gasteiger partial charge in [-0.3, -0.25) is 0 Å². The lowest BCUT2D eigenvalue weighted by atomic mass is 10.2. The summed E-state index contributed by atoms with van der Waals surface area (Å²) in [6.07, 6.45) is 0. The van der Waals surface area contributed by atoms with Gasteiger partial charge >= 0.3 is 0 Å². The third-order valence-corrected chi connectivity index (χ3v) is 2.75. The van der Waals surface area contributed by atoms with Gasteiger partial charge in [-0.1, -0.05) is 34.1 Å². The first-order valence-corrected chi connectivity index (χ1v) is 5.74. The molecule has 0 heterocycles. The van der Waals surface area contributed by atoms with E-state index in [2.05, 4.69) is 15.9 Å². The minimum atomic E-state index is 0.653. The van der Waals surface area contributed by atoms with Crippen molar-refractivity contribution in [3.63, 3.8) is 0 Å². The summed E-state index contributed by atoms with van der Waals surface area (Å²) >= 11 is 3.40. The number of halogens is 1. The van der Waals surface area contributed by atoms with Crippen LogP contribution in [0, 0.1) is 6.92 Å². The number of anilines is 1. The van der Waals surface area contributed by atoms with Crippen molar-refractivity contribution in [1.82, 2.24) is 0 Å². The molecule has 0 bridgehead atoms. The Kier molecular flexibility index (Phi) is 3.15. The average molecular weight is 278 g/mol. The Morgan fingerprint density at radius 3 is 2.56 bits per heavy atom. The van der Waals surface area contributed by atoms with Gasteiger partial charge in [0.1, 0.15) is 5.75 Å². The second-order valence-electron chi connectivity index (χ2n) is 3.55. The van der Waals surface area contributed by atoms with Crippen LogP contribution in [-0.2, 0) is 0 Å². The third-order valence-electron chi connectivity index (χ3n) is 2.26. The van der Waals surface area contributed by atoms with Crippen LogP contribution >= 0.6 is 15.9 Å². The highest BCUT2D eigenvalue weighted by molar-refractivity contribution is 9.10. The molecule has 2 aromatic carbocycles. The number of ether oxygens (including phenoxy) is 1. The van der Waals surface area contributed by atoms with Crippen molar-refractivity contribution in [2.45, 2.75) is 6.92 Å². The zero-order valence-electron chi connectivity index (χ0n) is 8.91. The van der Waals surface area contributed by atoms with Crippen LogP contribution in [0.2, 0.25) is 0 Å². The molecule has 0 saturated carbocycles. The molecule has 0 aliphatic rings. The summed E-state index contributed by atoms with van der Waals surface area (Å²) < 4.78 is 6.75. The van der Waals surface area contributed by atoms with Crippen molar-refractivity contribution in [3.8, 4) is 11.5 Å². The van der Waals surface area contributed by atoms with Crippen LogP contribution in [0.15, 0.2) is 46.9 Å². The number of nitrogens with two attached hydrogens (primary N) is 1. The molecule has 0 unspecified atom stereocenters. The highest BCUT2D eigenvalue weighted by atomic mass is 79.9. The lowest BCUT2D eigenvalue weighted by Gasteiger charge is -2.11. The van der Waals surface area contributed by atoms with Gasteiger partial charge in [0.2, 0.25) is 0 Å². The van der Waals surface area contributed by atoms with Crippen LogP contribution in [0.3, 0.4) is 0 Å². The minimum Gasteiger partial charge on any atom is -0.455 e. The van der Waals surface area contributed by atoms with Crippen LogP contribution < -0.4 is 10.5 Å². The summed E-state index contributed by atoms with van der Waals surface area (Å²) in [7, 11) is 0. The van der Waals surface area contributed by atoms with E-state index >= 15 is 0 Å². The summed E-state index contributed by atoms with van der Waals surface area (Å²) in [5.74, 6) is 1.50. The van der Waals surface area contributed by atoms with Crippen molar-refractivity contribution in [2.75, 3.05) is 5.73 Å². The molecule has 0 spiro atoms. The van der Waals surface area contributed by atoms with Crippen LogP contribution in [0.4, 0.5) is 5.69 Å². The van der Waals surface area contributed by atoms with Crippen LogP contribution in [0.25, 0.3) is 0 Å². The van der Waals surface area contributed by atoms with Gasteiger partial charge in [-0.2, -0.15) is 0 Å². The molecule has 0 aliphatic heterocycles. The summed E-state index contributed by atoms with van der Waals surface area (Å²) in [6, 6.07) is 13.4. The molecule has 3 heteroatoms. The normalized spacial score (nSPS) is 10.1. The van der Waals surface area contributed by atoms with Gasteiger partial charge < -0.3 is 10.5 Å². The van der Waals surface area contributed by atoms with E-state index in [-0.39, 0.29) is 0 Å². The van der Waals surface area contributed by atoms with E-state index < -0.39 is 0 Å². The first kappa shape index (κ1) is 11.0. The Morgan fingerprint density at radius 2 is 1.88 bits per heavy atom. The van der Waals surface area contributed by atoms with E-state index in [0.29, 0.717) is 5.69 Å². The molecular weight excluding hydrogens is 266 g/mol. The summed E-state index contributed by atoms with van der Waals surface area (Å²) in [4.78, 5) is 0. The molecule has 0 aliphatic carbocycles. The highest BCUT2D eigenvalue weighted by Gasteiger charge is 2.05. The van der Waals surface area contributed by atoms with E-state index in [1.54, 1.807) is 0 Å². The predicted octanol–water partition coefficient (Wildman–Crippen LogP) is 4.13. The van der Waals surface area contributed by atoms with Gasteiger partial charge in [0.25, 0.3) is 0 Å². The number of benzene rings is 2. The fourth-order valence-corrected chi connectivity index (χ4v) is 1.84. The van der Waals surface area contributed by atoms with Gasteiger partial charge in [-0.15, -0.1) is 0 Å². The summed E-state index contributed by atoms with van der Waals surface area (Å²) in [5.41, 5.74) is 7.55. The lowest BCUT2D eigenvalue weighted by molar-refractivity contribution is 0.481. The number of para-hydroxylation sites is 1. The van der Waals surface area contributed by atoms with Gasteiger partial charge in [0.05, 0.1) is 5.69 Å². The Bertz CT molecular complexity index is 491. The molecule has 0 saturated heterocycles. The molecule has 0 aromatic heterocycles. The predicted molar refractivity (Wildman–Crippen MR) is 69.8 cm³/mol. The molecular formula is C13H12BrNO. The van der Waals surface area contributed by atoms with Crippen molar-refractivity contribution in [1.29, 1.82) is 0 Å². The summed E-state index contributed by atoms with van der Waals surface area (Å²) in [5, 5.41) is 0. The van der Waals surface area contributed by atoms with Crippen molar-refractivity contribution >= 4 is 21.6 Å². The second kappa shape index (κ2) is 4.58. The Hall–Kier alpha value is -1.48. The number of aryl methyl sites for hydroxylation is 1. The number of nitrogen functional groups attached to an aromatic ring is 1. The summed E-state index contributed by atoms with van der Waals surface area (Å²) in [6.45, 7) is 1.98. The smallest absolute Gasteiger partial charge is 0.153 e. The molecule has 0 radical (unpaired) electrons. The number of rotatable bonds is 2. The number of hydrogen-bond donors (Lipinski definition) is 1. The monoisotopic (exact) mass is 277 g/mol. The molecule has 2 nitrogen and oxygen atoms in total. The Balaban J connectivity index is 2.34. The Morgan fingerprint density at radius 1 is 1.12 bits per heavy atom. The van der Waals surface area contributed by atoms with Gasteiger partial charge in [-0.25, -0.2) is 0 Å². The van der Waals surface area contributed by atoms with E-state index in [1.807, 2.05) is 49.4 Å². The van der Waals surface area contributed by atoms with Crippen molar-refractivity contribution < 1.29 is 4.74 Å². The maximum absolute atomic E-state index is 5.87. The number of hydrogen-bond acceptors (Lipinski definition) is 2. The minimum absolute atomic E-state index is 0.653. The average Bonchev–Trinajstić information content (AvgIpc) is 2.24. The van der Waals surface area contributed by atoms with Crippen molar-refractivity contribution in [3.05, 3.63) is 52.5 Å². The van der Waals surface area contributed by atoms with E-state index in [9.17, 15) is 0 Å². The molecule has 2 N–H and O–H groups in total. The zero-order chi connectivity index (χ0) is 11.5. The quantitative estimate of drug-likeness (QED) is 0.838. The van der Waals surface area contributed by atoms with Gasteiger partial charge in [0, 0.05) is 4.47 Å². The highest BCUT2D eigenvalue weighted by Crippen LogP contribution is 2.31. The first-order chi connectivity index (χ1) is 7.66. The molecule has 2 rings (SSSR count). The largest absolute Gasteiger partial charge is 0.455 e. The topological polar surface area (TPSA) is 35.2 Å². The Labute approximate surface area is 103 Å². The van der Waals surface area contributed by atoms with Gasteiger partial charge in [-0.05, 0) is 36.8 Å². The third kappa shape index (κ3) is 2.36. The molecule has 0 atom stereocenters. The van der Waals surface area contributed by atoms with E-state index in [1.165, 1.54) is 0 Å². The molecule has 16 heavy (non-hydrogen) atoms. The fraction of sp³-hybridized carbons (Fsp3) is 0.0769. The van der Waals surface area contributed by atoms with E-state index in [0.717, 1.165) is 21.5 Å². The van der Waals surface area contributed by atoms with Crippen molar-refractivity contribution in [2.24, 2.45) is 0 Å². The lowest BCUT2D eigenvalue weighted by Crippen LogP contribution is -1.94. The maximum Gasteiger partial charge on any atom is 0.153 e. The zero-order valence-corrected chi connectivity index (χ0v) is 10.5. The standard InChI is InChI=1S/C13H12BrNO/c1-9-4-2-7-12(15)13(9)16-11-6-3-5-10(14)8-11/h2-8H,15H2,1H3. The first-order valence-electron chi connectivity index (χ1n) is 4.95. The maximum atomic E-state index is 5.87. The second-order valence-corrected chi connectivity index (χ2v) is 4.47. The molecule has 2 aromatic rings. The van der Waals surface area contributed by atoms with E-state index in [4.69, 9.17) is 10.5 Å². The molecule has 0 amide bonds. The molecule has 0 fully saturated rings. The SMILES string of the molecule is Cc1cccc(N)c1Oc1cccc(Br)c1. The van der Waals surface area contributed by atoms with Crippen LogP contribution in [0.5, 0.6) is 11.5 Å².